The minimum absolute atomic E-state index is 0.171. The molecule has 16 heavy (non-hydrogen) atoms. The van der Waals surface area contributed by atoms with E-state index in [1.165, 1.54) is 0 Å². The summed E-state index contributed by atoms with van der Waals surface area (Å²) in [6.07, 6.45) is 0. The maximum absolute atomic E-state index is 6.02. The minimum Gasteiger partial charge on any atom is -0.330 e. The van der Waals surface area contributed by atoms with Gasteiger partial charge in [-0.2, -0.15) is 0 Å². The lowest BCUT2D eigenvalue weighted by Crippen LogP contribution is -2.39. The molecule has 90 valence electrons. The molecule has 0 saturated heterocycles. The van der Waals surface area contributed by atoms with Gasteiger partial charge in [0.15, 0.2) is 0 Å². The molecule has 2 atom stereocenters. The predicted molar refractivity (Wildman–Crippen MR) is 72.8 cm³/mol. The van der Waals surface area contributed by atoms with E-state index >= 15 is 0 Å². The second kappa shape index (κ2) is 5.59. The van der Waals surface area contributed by atoms with Crippen molar-refractivity contribution >= 4 is 34.8 Å². The van der Waals surface area contributed by atoms with Crippen LogP contribution in [0.15, 0.2) is 18.2 Å². The van der Waals surface area contributed by atoms with Gasteiger partial charge in [-0.15, -0.1) is 11.6 Å². The first-order chi connectivity index (χ1) is 7.45. The maximum atomic E-state index is 6.02. The molecule has 0 bridgehead atoms. The quantitative estimate of drug-likeness (QED) is 0.826. The van der Waals surface area contributed by atoms with Gasteiger partial charge in [0.05, 0.1) is 10.0 Å². The van der Waals surface area contributed by atoms with Gasteiger partial charge in [-0.1, -0.05) is 43.1 Å². The van der Waals surface area contributed by atoms with Crippen LogP contribution in [0, 0.1) is 5.92 Å². The predicted octanol–water partition coefficient (Wildman–Crippen LogP) is 4.08. The van der Waals surface area contributed by atoms with Crippen molar-refractivity contribution in [2.24, 2.45) is 11.7 Å². The Morgan fingerprint density at radius 2 is 1.94 bits per heavy atom. The Labute approximate surface area is 112 Å². The summed E-state index contributed by atoms with van der Waals surface area (Å²) in [6.45, 7) is 4.71. The summed E-state index contributed by atoms with van der Waals surface area (Å²) in [4.78, 5) is 0. The van der Waals surface area contributed by atoms with Gasteiger partial charge < -0.3 is 5.73 Å². The first kappa shape index (κ1) is 14.1. The Balaban J connectivity index is 3.17. The zero-order chi connectivity index (χ0) is 12.3. The molecular formula is C12H16Cl3N. The molecule has 1 aromatic rings. The Morgan fingerprint density at radius 3 is 2.38 bits per heavy atom. The average Bonchev–Trinajstić information content (AvgIpc) is 2.30. The van der Waals surface area contributed by atoms with E-state index < -0.39 is 0 Å². The standard InChI is InChI=1S/C12H16Cl3N/c1-8(6-13)12(2,7-16)9-3-4-10(14)11(15)5-9/h3-5,8H,6-7,16H2,1-2H3/t8-,12+/m1/s1. The molecule has 4 heteroatoms. The van der Waals surface area contributed by atoms with Crippen LogP contribution in [-0.4, -0.2) is 12.4 Å². The van der Waals surface area contributed by atoms with Gasteiger partial charge in [0, 0.05) is 17.8 Å². The monoisotopic (exact) mass is 279 g/mol. The summed E-state index contributed by atoms with van der Waals surface area (Å²) in [6, 6.07) is 5.64. The highest BCUT2D eigenvalue weighted by Crippen LogP contribution is 2.35. The molecule has 0 heterocycles. The molecule has 0 saturated carbocycles. The number of alkyl halides is 1. The van der Waals surface area contributed by atoms with Gasteiger partial charge in [0.2, 0.25) is 0 Å². The van der Waals surface area contributed by atoms with E-state index in [4.69, 9.17) is 40.5 Å². The van der Waals surface area contributed by atoms with E-state index in [-0.39, 0.29) is 11.3 Å². The van der Waals surface area contributed by atoms with Crippen LogP contribution < -0.4 is 5.73 Å². The van der Waals surface area contributed by atoms with Crippen LogP contribution in [0.2, 0.25) is 10.0 Å². The Morgan fingerprint density at radius 1 is 1.31 bits per heavy atom. The molecule has 0 aliphatic rings. The normalized spacial score (nSPS) is 16.9. The number of rotatable bonds is 4. The lowest BCUT2D eigenvalue weighted by atomic mass is 9.73. The fourth-order valence-electron chi connectivity index (χ4n) is 1.63. The van der Waals surface area contributed by atoms with Gasteiger partial charge in [0.25, 0.3) is 0 Å². The van der Waals surface area contributed by atoms with E-state index in [9.17, 15) is 0 Å². The SMILES string of the molecule is C[C@H](CCl)[C@](C)(CN)c1ccc(Cl)c(Cl)c1. The second-order valence-corrected chi connectivity index (χ2v) is 5.43. The Bertz CT molecular complexity index is 367. The summed E-state index contributed by atoms with van der Waals surface area (Å²) >= 11 is 17.8. The lowest BCUT2D eigenvalue weighted by molar-refractivity contribution is 0.351. The summed E-state index contributed by atoms with van der Waals surface area (Å²) < 4.78 is 0. The van der Waals surface area contributed by atoms with Crippen LogP contribution in [0.3, 0.4) is 0 Å². The summed E-state index contributed by atoms with van der Waals surface area (Å²) in [5.41, 5.74) is 6.78. The number of hydrogen-bond donors (Lipinski definition) is 1. The summed E-state index contributed by atoms with van der Waals surface area (Å²) in [5, 5.41) is 1.11. The molecule has 0 radical (unpaired) electrons. The molecule has 0 aliphatic heterocycles. The van der Waals surface area contributed by atoms with Gasteiger partial charge in [-0.05, 0) is 23.6 Å². The topological polar surface area (TPSA) is 26.0 Å². The molecule has 0 aliphatic carbocycles. The molecule has 1 aromatic carbocycles. The molecular weight excluding hydrogens is 264 g/mol. The van der Waals surface area contributed by atoms with E-state index in [2.05, 4.69) is 13.8 Å². The van der Waals surface area contributed by atoms with Gasteiger partial charge >= 0.3 is 0 Å². The Hall–Kier alpha value is 0.0500. The highest BCUT2D eigenvalue weighted by Gasteiger charge is 2.31. The van der Waals surface area contributed by atoms with Gasteiger partial charge in [-0.25, -0.2) is 0 Å². The largest absolute Gasteiger partial charge is 0.330 e. The van der Waals surface area contributed by atoms with Crippen molar-refractivity contribution in [3.05, 3.63) is 33.8 Å². The molecule has 0 aromatic heterocycles. The third-order valence-corrected chi connectivity index (χ3v) is 4.52. The summed E-state index contributed by atoms with van der Waals surface area (Å²) in [5.74, 6) is 0.838. The van der Waals surface area contributed by atoms with E-state index in [0.29, 0.717) is 22.5 Å². The third kappa shape index (κ3) is 2.65. The zero-order valence-electron chi connectivity index (χ0n) is 9.43. The molecule has 0 fully saturated rings. The van der Waals surface area contributed by atoms with Crippen LogP contribution >= 0.6 is 34.8 Å². The molecule has 0 unspecified atom stereocenters. The summed E-state index contributed by atoms with van der Waals surface area (Å²) in [7, 11) is 0. The van der Waals surface area contributed by atoms with Crippen LogP contribution in [0.5, 0.6) is 0 Å². The fourth-order valence-corrected chi connectivity index (χ4v) is 2.26. The van der Waals surface area contributed by atoms with E-state index in [1.54, 1.807) is 6.07 Å². The number of benzene rings is 1. The van der Waals surface area contributed by atoms with Crippen molar-refractivity contribution in [1.82, 2.24) is 0 Å². The van der Waals surface area contributed by atoms with Crippen molar-refractivity contribution in [3.63, 3.8) is 0 Å². The van der Waals surface area contributed by atoms with Crippen molar-refractivity contribution in [2.75, 3.05) is 12.4 Å². The van der Waals surface area contributed by atoms with Gasteiger partial charge in [0.1, 0.15) is 0 Å². The van der Waals surface area contributed by atoms with Crippen molar-refractivity contribution < 1.29 is 0 Å². The van der Waals surface area contributed by atoms with Crippen LogP contribution in [0.25, 0.3) is 0 Å². The van der Waals surface area contributed by atoms with Crippen LogP contribution in [0.1, 0.15) is 19.4 Å². The molecule has 1 nitrogen and oxygen atoms in total. The zero-order valence-corrected chi connectivity index (χ0v) is 11.7. The first-order valence-electron chi connectivity index (χ1n) is 5.17. The average molecular weight is 281 g/mol. The number of nitrogens with two attached hydrogens (primary N) is 1. The van der Waals surface area contributed by atoms with Gasteiger partial charge in [-0.3, -0.25) is 0 Å². The molecule has 0 amide bonds. The maximum Gasteiger partial charge on any atom is 0.0595 e. The second-order valence-electron chi connectivity index (χ2n) is 4.31. The fraction of sp³-hybridized carbons (Fsp3) is 0.500. The highest BCUT2D eigenvalue weighted by atomic mass is 35.5. The highest BCUT2D eigenvalue weighted by molar-refractivity contribution is 6.42. The smallest absolute Gasteiger partial charge is 0.0595 e. The lowest BCUT2D eigenvalue weighted by Gasteiger charge is -2.34. The molecule has 2 N–H and O–H groups in total. The Kier molecular flexibility index (Phi) is 4.93. The van der Waals surface area contributed by atoms with Crippen molar-refractivity contribution in [3.8, 4) is 0 Å². The van der Waals surface area contributed by atoms with Crippen LogP contribution in [-0.2, 0) is 5.41 Å². The van der Waals surface area contributed by atoms with E-state index in [1.807, 2.05) is 12.1 Å². The van der Waals surface area contributed by atoms with Crippen molar-refractivity contribution in [2.45, 2.75) is 19.3 Å². The number of halogens is 3. The minimum atomic E-state index is -0.171. The first-order valence-corrected chi connectivity index (χ1v) is 6.46. The molecule has 1 rings (SSSR count). The van der Waals surface area contributed by atoms with Crippen molar-refractivity contribution in [1.29, 1.82) is 0 Å². The van der Waals surface area contributed by atoms with Crippen LogP contribution in [0.4, 0.5) is 0 Å². The third-order valence-electron chi connectivity index (χ3n) is 3.32. The number of hydrogen-bond acceptors (Lipinski definition) is 1. The van der Waals surface area contributed by atoms with E-state index in [0.717, 1.165) is 5.56 Å². The molecule has 0 spiro atoms.